The van der Waals surface area contributed by atoms with Crippen LogP contribution in [0.25, 0.3) is 0 Å². The van der Waals surface area contributed by atoms with Gasteiger partial charge in [-0.2, -0.15) is 0 Å². The highest BCUT2D eigenvalue weighted by Gasteiger charge is 2.10. The van der Waals surface area contributed by atoms with E-state index in [2.05, 4.69) is 4.74 Å². The quantitative estimate of drug-likeness (QED) is 0.330. The van der Waals surface area contributed by atoms with Crippen LogP contribution in [0.2, 0.25) is 0 Å². The Labute approximate surface area is 122 Å². The first-order chi connectivity index (χ1) is 10.1. The summed E-state index contributed by atoms with van der Waals surface area (Å²) in [7, 11) is 0. The Hall–Kier alpha value is -2.63. The number of aldehydes is 1. The van der Waals surface area contributed by atoms with Crippen LogP contribution in [-0.4, -0.2) is 31.4 Å². The molecule has 0 heterocycles. The maximum Gasteiger partial charge on any atom is 0.336 e. The highest BCUT2D eigenvalue weighted by atomic mass is 16.6. The Balaban J connectivity index is 2.79. The van der Waals surface area contributed by atoms with Crippen molar-refractivity contribution in [1.29, 1.82) is 0 Å². The van der Waals surface area contributed by atoms with Gasteiger partial charge in [-0.1, -0.05) is 0 Å². The van der Waals surface area contributed by atoms with E-state index in [1.54, 1.807) is 13.8 Å². The van der Waals surface area contributed by atoms with E-state index in [-0.39, 0.29) is 18.1 Å². The summed E-state index contributed by atoms with van der Waals surface area (Å²) < 4.78 is 15.0. The lowest BCUT2D eigenvalue weighted by Crippen LogP contribution is -2.08. The van der Waals surface area contributed by atoms with Crippen LogP contribution in [0.5, 0.6) is 11.5 Å². The lowest BCUT2D eigenvalue weighted by molar-refractivity contribution is -0.138. The first kappa shape index (κ1) is 16.4. The molecule has 0 aliphatic heterocycles. The standard InChI is InChI=1S/C15H16O6/c1-3-19-13-9-11(10-16)5-6-12(13)21-15(18)8-7-14(17)20-4-2/h5-10H,3-4H2,1-2H3/b8-7+. The van der Waals surface area contributed by atoms with Gasteiger partial charge >= 0.3 is 11.9 Å². The minimum atomic E-state index is -0.747. The van der Waals surface area contributed by atoms with Crippen LogP contribution >= 0.6 is 0 Å². The van der Waals surface area contributed by atoms with Gasteiger partial charge in [0.15, 0.2) is 11.5 Å². The summed E-state index contributed by atoms with van der Waals surface area (Å²) in [5, 5.41) is 0. The second-order valence-electron chi connectivity index (χ2n) is 3.76. The molecule has 21 heavy (non-hydrogen) atoms. The molecule has 0 atom stereocenters. The van der Waals surface area contributed by atoms with E-state index in [0.717, 1.165) is 12.2 Å². The van der Waals surface area contributed by atoms with E-state index < -0.39 is 11.9 Å². The van der Waals surface area contributed by atoms with Crippen LogP contribution in [0.4, 0.5) is 0 Å². The van der Waals surface area contributed by atoms with Gasteiger partial charge in [0.1, 0.15) is 6.29 Å². The molecule has 0 saturated carbocycles. The van der Waals surface area contributed by atoms with Crippen molar-refractivity contribution in [3.05, 3.63) is 35.9 Å². The average Bonchev–Trinajstić information content (AvgIpc) is 2.47. The molecular weight excluding hydrogens is 276 g/mol. The fourth-order valence-electron chi connectivity index (χ4n) is 1.42. The summed E-state index contributed by atoms with van der Waals surface area (Å²) in [6.07, 6.45) is 2.60. The number of hydrogen-bond acceptors (Lipinski definition) is 6. The Morgan fingerprint density at radius 1 is 1.05 bits per heavy atom. The van der Waals surface area contributed by atoms with Crippen LogP contribution in [0.1, 0.15) is 24.2 Å². The van der Waals surface area contributed by atoms with Gasteiger partial charge in [-0.3, -0.25) is 4.79 Å². The van der Waals surface area contributed by atoms with E-state index in [1.807, 2.05) is 0 Å². The molecular formula is C15H16O6. The van der Waals surface area contributed by atoms with Crippen molar-refractivity contribution in [2.45, 2.75) is 13.8 Å². The predicted octanol–water partition coefficient (Wildman–Crippen LogP) is 1.92. The molecule has 0 aliphatic carbocycles. The second kappa shape index (κ2) is 8.52. The number of hydrogen-bond donors (Lipinski definition) is 0. The summed E-state index contributed by atoms with van der Waals surface area (Å²) in [5.41, 5.74) is 0.403. The molecule has 0 spiro atoms. The number of rotatable bonds is 7. The molecule has 0 radical (unpaired) electrons. The van der Waals surface area contributed by atoms with Crippen molar-refractivity contribution < 1.29 is 28.6 Å². The van der Waals surface area contributed by atoms with E-state index >= 15 is 0 Å². The van der Waals surface area contributed by atoms with E-state index in [0.29, 0.717) is 18.5 Å². The fraction of sp³-hybridized carbons (Fsp3) is 0.267. The molecule has 0 aromatic heterocycles. The monoisotopic (exact) mass is 292 g/mol. The van der Waals surface area contributed by atoms with Gasteiger partial charge in [0.2, 0.25) is 0 Å². The largest absolute Gasteiger partial charge is 0.490 e. The van der Waals surface area contributed by atoms with Gasteiger partial charge in [0.05, 0.1) is 13.2 Å². The normalized spacial score (nSPS) is 10.2. The summed E-state index contributed by atoms with van der Waals surface area (Å²) in [4.78, 5) is 33.4. The van der Waals surface area contributed by atoms with Gasteiger partial charge in [0, 0.05) is 17.7 Å². The van der Waals surface area contributed by atoms with Crippen LogP contribution in [-0.2, 0) is 14.3 Å². The van der Waals surface area contributed by atoms with Gasteiger partial charge in [0.25, 0.3) is 0 Å². The topological polar surface area (TPSA) is 78.9 Å². The van der Waals surface area contributed by atoms with Crippen LogP contribution in [0.3, 0.4) is 0 Å². The third-order valence-corrected chi connectivity index (χ3v) is 2.26. The molecule has 6 nitrogen and oxygen atoms in total. The van der Waals surface area contributed by atoms with Crippen molar-refractivity contribution in [2.75, 3.05) is 13.2 Å². The molecule has 1 aromatic rings. The number of carbonyl (C=O) groups is 3. The van der Waals surface area contributed by atoms with Crippen molar-refractivity contribution in [3.63, 3.8) is 0 Å². The zero-order valence-corrected chi connectivity index (χ0v) is 11.8. The predicted molar refractivity (Wildman–Crippen MR) is 74.4 cm³/mol. The maximum absolute atomic E-state index is 11.6. The minimum absolute atomic E-state index is 0.168. The molecule has 1 rings (SSSR count). The summed E-state index contributed by atoms with van der Waals surface area (Å²) in [5.74, 6) is -0.931. The Bertz CT molecular complexity index is 547. The molecule has 6 heteroatoms. The summed E-state index contributed by atoms with van der Waals surface area (Å²) in [6, 6.07) is 4.41. The maximum atomic E-state index is 11.6. The number of esters is 2. The lowest BCUT2D eigenvalue weighted by atomic mass is 10.2. The van der Waals surface area contributed by atoms with E-state index in [1.165, 1.54) is 18.2 Å². The van der Waals surface area contributed by atoms with Crippen molar-refractivity contribution in [3.8, 4) is 11.5 Å². The molecule has 0 saturated heterocycles. The highest BCUT2D eigenvalue weighted by molar-refractivity contribution is 5.92. The van der Waals surface area contributed by atoms with E-state index in [4.69, 9.17) is 9.47 Å². The van der Waals surface area contributed by atoms with E-state index in [9.17, 15) is 14.4 Å². The molecule has 0 unspecified atom stereocenters. The number of benzene rings is 1. The second-order valence-corrected chi connectivity index (χ2v) is 3.76. The fourth-order valence-corrected chi connectivity index (χ4v) is 1.42. The van der Waals surface area contributed by atoms with Gasteiger partial charge in [-0.25, -0.2) is 9.59 Å². The molecule has 0 N–H and O–H groups in total. The average molecular weight is 292 g/mol. The summed E-state index contributed by atoms with van der Waals surface area (Å²) in [6.45, 7) is 4.00. The zero-order valence-electron chi connectivity index (χ0n) is 11.8. The van der Waals surface area contributed by atoms with Crippen molar-refractivity contribution in [1.82, 2.24) is 0 Å². The minimum Gasteiger partial charge on any atom is -0.490 e. The zero-order chi connectivity index (χ0) is 15.7. The molecule has 0 aliphatic rings. The molecule has 112 valence electrons. The first-order valence-corrected chi connectivity index (χ1v) is 6.39. The van der Waals surface area contributed by atoms with Gasteiger partial charge in [-0.15, -0.1) is 0 Å². The third kappa shape index (κ3) is 5.48. The number of carbonyl (C=O) groups excluding carboxylic acids is 3. The first-order valence-electron chi connectivity index (χ1n) is 6.39. The third-order valence-electron chi connectivity index (χ3n) is 2.26. The Morgan fingerprint density at radius 3 is 2.38 bits per heavy atom. The smallest absolute Gasteiger partial charge is 0.336 e. The Morgan fingerprint density at radius 2 is 1.76 bits per heavy atom. The molecule has 0 amide bonds. The highest BCUT2D eigenvalue weighted by Crippen LogP contribution is 2.28. The molecule has 0 fully saturated rings. The summed E-state index contributed by atoms with van der Waals surface area (Å²) >= 11 is 0. The molecule has 1 aromatic carbocycles. The van der Waals surface area contributed by atoms with Gasteiger partial charge in [-0.05, 0) is 32.0 Å². The molecule has 0 bridgehead atoms. The Kier molecular flexibility index (Phi) is 6.67. The van der Waals surface area contributed by atoms with Crippen LogP contribution in [0.15, 0.2) is 30.4 Å². The van der Waals surface area contributed by atoms with Crippen LogP contribution < -0.4 is 9.47 Å². The van der Waals surface area contributed by atoms with Gasteiger partial charge < -0.3 is 14.2 Å². The SMILES string of the molecule is CCOC(=O)/C=C/C(=O)Oc1ccc(C=O)cc1OCC. The van der Waals surface area contributed by atoms with Crippen molar-refractivity contribution in [2.24, 2.45) is 0 Å². The number of ether oxygens (including phenoxy) is 3. The van der Waals surface area contributed by atoms with Crippen LogP contribution in [0, 0.1) is 0 Å². The lowest BCUT2D eigenvalue weighted by Gasteiger charge is -2.09. The van der Waals surface area contributed by atoms with Crippen molar-refractivity contribution >= 4 is 18.2 Å².